The second-order valence-electron chi connectivity index (χ2n) is 8.71. The van der Waals surface area contributed by atoms with Gasteiger partial charge in [0, 0.05) is 17.9 Å². The number of H-pyrrole nitrogens is 1. The third kappa shape index (κ3) is 4.17. The number of anilines is 1. The number of aryl methyl sites for hydroxylation is 1. The van der Waals surface area contributed by atoms with Crippen molar-refractivity contribution >= 4 is 45.7 Å². The number of pyridine rings is 1. The summed E-state index contributed by atoms with van der Waals surface area (Å²) in [7, 11) is 0. The number of amides is 1. The van der Waals surface area contributed by atoms with Crippen molar-refractivity contribution in [1.29, 1.82) is 0 Å². The van der Waals surface area contributed by atoms with Crippen LogP contribution in [0, 0.1) is 18.8 Å². The number of aromatic nitrogens is 4. The summed E-state index contributed by atoms with van der Waals surface area (Å²) in [6, 6.07) is -0.254. The van der Waals surface area contributed by atoms with Gasteiger partial charge < -0.3 is 21.4 Å². The highest BCUT2D eigenvalue weighted by molar-refractivity contribution is 7.15. The van der Waals surface area contributed by atoms with Crippen molar-refractivity contribution in [3.05, 3.63) is 39.8 Å². The van der Waals surface area contributed by atoms with Gasteiger partial charge in [0.25, 0.3) is 0 Å². The van der Waals surface area contributed by atoms with Crippen LogP contribution in [0.4, 0.5) is 5.69 Å². The average Bonchev–Trinajstić information content (AvgIpc) is 3.40. The van der Waals surface area contributed by atoms with Crippen molar-refractivity contribution < 1.29 is 4.79 Å². The SMILES string of the molecule is Cc1nc(C2CCNCC2)sc1-c1nc2ncc(Cl)c(N[C@@H]3[C@H](C)C=C=C[C@@H]3C(N)=O)c2[nH]1. The standard InChI is InChI=1S/C23H26ClN7OS/c1-11-4-3-5-14(20(25)32)16(11)29-17-15(24)10-27-21-18(17)30-22(31-21)19-12(2)28-23(33-19)13-6-8-26-9-7-13/h4-5,10-11,13-14,16,26H,6-9H2,1-2H3,(H2,25,32)(H2,27,29,30,31)/t11-,14+,16-/m1/s1. The van der Waals surface area contributed by atoms with E-state index in [1.54, 1.807) is 23.6 Å². The van der Waals surface area contributed by atoms with Crippen LogP contribution in [0.25, 0.3) is 21.9 Å². The number of hydrogen-bond acceptors (Lipinski definition) is 7. The monoisotopic (exact) mass is 483 g/mol. The molecule has 0 radical (unpaired) electrons. The van der Waals surface area contributed by atoms with Gasteiger partial charge in [-0.1, -0.05) is 18.5 Å². The van der Waals surface area contributed by atoms with E-state index in [0.717, 1.165) is 47.3 Å². The lowest BCUT2D eigenvalue weighted by Gasteiger charge is -2.30. The second kappa shape index (κ2) is 8.91. The number of nitrogens with zero attached hydrogens (tertiary/aromatic N) is 3. The summed E-state index contributed by atoms with van der Waals surface area (Å²) in [6.45, 7) is 6.08. The number of nitrogens with one attached hydrogen (secondary N) is 3. The molecule has 33 heavy (non-hydrogen) atoms. The number of primary amides is 1. The number of carbonyl (C=O) groups excluding carboxylic acids is 1. The highest BCUT2D eigenvalue weighted by Gasteiger charge is 2.31. The molecule has 0 aromatic carbocycles. The molecule has 1 amide bonds. The van der Waals surface area contributed by atoms with Gasteiger partial charge in [-0.2, -0.15) is 0 Å². The Labute approximate surface area is 200 Å². The van der Waals surface area contributed by atoms with E-state index in [-0.39, 0.29) is 12.0 Å². The van der Waals surface area contributed by atoms with E-state index in [0.29, 0.717) is 27.8 Å². The van der Waals surface area contributed by atoms with E-state index in [1.807, 2.05) is 19.9 Å². The number of nitrogens with two attached hydrogens (primary N) is 1. The van der Waals surface area contributed by atoms with Crippen LogP contribution in [0.2, 0.25) is 5.02 Å². The largest absolute Gasteiger partial charge is 0.378 e. The van der Waals surface area contributed by atoms with E-state index >= 15 is 0 Å². The summed E-state index contributed by atoms with van der Waals surface area (Å²) in [5.41, 5.74) is 11.5. The molecule has 0 saturated carbocycles. The topological polar surface area (TPSA) is 122 Å². The molecule has 10 heteroatoms. The molecule has 0 unspecified atom stereocenters. The van der Waals surface area contributed by atoms with Crippen LogP contribution in [-0.4, -0.2) is 45.0 Å². The lowest BCUT2D eigenvalue weighted by Crippen LogP contribution is -2.42. The molecule has 0 bridgehead atoms. The van der Waals surface area contributed by atoms with Crippen LogP contribution in [0.15, 0.2) is 24.1 Å². The first kappa shape index (κ1) is 22.1. The molecule has 0 spiro atoms. The minimum Gasteiger partial charge on any atom is -0.378 e. The molecule has 172 valence electrons. The number of carbonyl (C=O) groups is 1. The number of fused-ring (bicyclic) bond motifs is 1. The zero-order valence-electron chi connectivity index (χ0n) is 18.5. The fourth-order valence-electron chi connectivity index (χ4n) is 4.56. The second-order valence-corrected chi connectivity index (χ2v) is 10.2. The molecule has 1 saturated heterocycles. The fourth-order valence-corrected chi connectivity index (χ4v) is 5.93. The first-order valence-corrected chi connectivity index (χ1v) is 12.3. The van der Waals surface area contributed by atoms with E-state index in [9.17, 15) is 4.79 Å². The van der Waals surface area contributed by atoms with E-state index < -0.39 is 11.8 Å². The molecule has 1 fully saturated rings. The third-order valence-electron chi connectivity index (χ3n) is 6.42. The maximum Gasteiger partial charge on any atom is 0.227 e. The van der Waals surface area contributed by atoms with Crippen molar-refractivity contribution in [2.45, 2.75) is 38.6 Å². The average molecular weight is 484 g/mol. The van der Waals surface area contributed by atoms with Gasteiger partial charge in [-0.3, -0.25) is 4.79 Å². The Morgan fingerprint density at radius 2 is 2.09 bits per heavy atom. The van der Waals surface area contributed by atoms with Gasteiger partial charge >= 0.3 is 0 Å². The zero-order chi connectivity index (χ0) is 23.1. The lowest BCUT2D eigenvalue weighted by molar-refractivity contribution is -0.121. The van der Waals surface area contributed by atoms with Crippen molar-refractivity contribution in [3.63, 3.8) is 0 Å². The number of rotatable bonds is 5. The summed E-state index contributed by atoms with van der Waals surface area (Å²) in [6.07, 6.45) is 7.40. The van der Waals surface area contributed by atoms with E-state index in [1.165, 1.54) is 0 Å². The number of thiazole rings is 1. The normalized spacial score (nSPS) is 23.3. The van der Waals surface area contributed by atoms with Crippen LogP contribution >= 0.6 is 22.9 Å². The highest BCUT2D eigenvalue weighted by Crippen LogP contribution is 2.38. The van der Waals surface area contributed by atoms with Crippen molar-refractivity contribution in [3.8, 4) is 10.7 Å². The summed E-state index contributed by atoms with van der Waals surface area (Å²) in [4.78, 5) is 30.5. The molecule has 1 aliphatic heterocycles. The minimum atomic E-state index is -0.497. The Bertz CT molecular complexity index is 1270. The van der Waals surface area contributed by atoms with Crippen LogP contribution in [0.1, 0.15) is 36.4 Å². The molecule has 4 heterocycles. The summed E-state index contributed by atoms with van der Waals surface area (Å²) < 4.78 is 0. The number of hydrogen-bond donors (Lipinski definition) is 4. The summed E-state index contributed by atoms with van der Waals surface area (Å²) in [5.74, 6) is 0.337. The molecular weight excluding hydrogens is 458 g/mol. The number of piperidine rings is 1. The minimum absolute atomic E-state index is 0.0328. The van der Waals surface area contributed by atoms with Crippen LogP contribution < -0.4 is 16.4 Å². The van der Waals surface area contributed by atoms with Gasteiger partial charge in [-0.05, 0) is 45.0 Å². The molecular formula is C23H26ClN7OS. The molecule has 5 N–H and O–H groups in total. The Kier molecular flexibility index (Phi) is 5.97. The van der Waals surface area contributed by atoms with Crippen LogP contribution in [0.3, 0.4) is 0 Å². The molecule has 1 aliphatic carbocycles. The Balaban J connectivity index is 1.51. The smallest absolute Gasteiger partial charge is 0.227 e. The first-order chi connectivity index (χ1) is 15.9. The summed E-state index contributed by atoms with van der Waals surface area (Å²) >= 11 is 8.24. The van der Waals surface area contributed by atoms with E-state index in [2.05, 4.69) is 26.3 Å². The van der Waals surface area contributed by atoms with Crippen LogP contribution in [-0.2, 0) is 4.79 Å². The predicted octanol–water partition coefficient (Wildman–Crippen LogP) is 3.75. The zero-order valence-corrected chi connectivity index (χ0v) is 20.1. The maximum atomic E-state index is 12.0. The molecule has 8 nitrogen and oxygen atoms in total. The van der Waals surface area contributed by atoms with Crippen LogP contribution in [0.5, 0.6) is 0 Å². The van der Waals surface area contributed by atoms with E-state index in [4.69, 9.17) is 27.3 Å². The van der Waals surface area contributed by atoms with Crippen molar-refractivity contribution in [2.75, 3.05) is 18.4 Å². The number of halogens is 1. The van der Waals surface area contributed by atoms with Crippen molar-refractivity contribution in [2.24, 2.45) is 17.6 Å². The maximum absolute atomic E-state index is 12.0. The Morgan fingerprint density at radius 3 is 2.85 bits per heavy atom. The number of aromatic amines is 1. The van der Waals surface area contributed by atoms with Gasteiger partial charge in [0.05, 0.1) is 38.4 Å². The summed E-state index contributed by atoms with van der Waals surface area (Å²) in [5, 5.41) is 8.46. The Hall–Kier alpha value is -2.71. The Morgan fingerprint density at radius 1 is 1.30 bits per heavy atom. The molecule has 5 rings (SSSR count). The fraction of sp³-hybridized carbons (Fsp3) is 0.435. The van der Waals surface area contributed by atoms with Gasteiger partial charge in [0.2, 0.25) is 5.91 Å². The highest BCUT2D eigenvalue weighted by atomic mass is 35.5. The molecule has 2 aliphatic rings. The molecule has 3 aromatic rings. The van der Waals surface area contributed by atoms with Gasteiger partial charge in [-0.15, -0.1) is 17.1 Å². The lowest BCUT2D eigenvalue weighted by atomic mass is 9.85. The first-order valence-electron chi connectivity index (χ1n) is 11.1. The number of imidazole rings is 1. The molecule has 3 aromatic heterocycles. The van der Waals surface area contributed by atoms with Crippen molar-refractivity contribution in [1.82, 2.24) is 25.3 Å². The molecule has 3 atom stereocenters. The predicted molar refractivity (Wildman–Crippen MR) is 132 cm³/mol. The van der Waals surface area contributed by atoms with Gasteiger partial charge in [0.15, 0.2) is 11.5 Å². The van der Waals surface area contributed by atoms with Gasteiger partial charge in [-0.25, -0.2) is 15.0 Å². The third-order valence-corrected chi connectivity index (χ3v) is 8.03. The van der Waals surface area contributed by atoms with Gasteiger partial charge in [0.1, 0.15) is 5.52 Å². The quantitative estimate of drug-likeness (QED) is 0.410.